The van der Waals surface area contributed by atoms with Crippen LogP contribution < -0.4 is 5.56 Å². The standard InChI is InChI=1S/C21H22N2O3/c24-14-19-17-11-16(18-7-4-8-21(26)23(18)19)12-22(13-17)20(25)10-9-15-5-2-1-3-6-15/h1-10,16-17,19,24H,11-14H2/t16-,17+,19+/m1/s1. The van der Waals surface area contributed by atoms with Crippen LogP contribution in [0.5, 0.6) is 0 Å². The summed E-state index contributed by atoms with van der Waals surface area (Å²) in [6, 6.07) is 14.7. The van der Waals surface area contributed by atoms with Crippen LogP contribution in [-0.2, 0) is 4.79 Å². The van der Waals surface area contributed by atoms with Gasteiger partial charge in [-0.05, 0) is 24.1 Å². The van der Waals surface area contributed by atoms with Crippen molar-refractivity contribution in [1.29, 1.82) is 0 Å². The highest BCUT2D eigenvalue weighted by Crippen LogP contribution is 2.40. The Kier molecular flexibility index (Phi) is 4.47. The largest absolute Gasteiger partial charge is 0.394 e. The molecule has 0 unspecified atom stereocenters. The van der Waals surface area contributed by atoms with Crippen LogP contribution in [0.25, 0.3) is 6.08 Å². The minimum Gasteiger partial charge on any atom is -0.394 e. The Morgan fingerprint density at radius 1 is 1.12 bits per heavy atom. The molecule has 2 aliphatic rings. The molecule has 1 aromatic carbocycles. The summed E-state index contributed by atoms with van der Waals surface area (Å²) >= 11 is 0. The number of fused-ring (bicyclic) bond motifs is 4. The molecule has 0 saturated carbocycles. The molecule has 1 aromatic heterocycles. The van der Waals surface area contributed by atoms with Gasteiger partial charge in [0.05, 0.1) is 12.6 Å². The van der Waals surface area contributed by atoms with Crippen molar-refractivity contribution in [2.75, 3.05) is 19.7 Å². The molecular formula is C21H22N2O3. The summed E-state index contributed by atoms with van der Waals surface area (Å²) in [4.78, 5) is 26.8. The number of rotatable bonds is 3. The van der Waals surface area contributed by atoms with Gasteiger partial charge in [0.2, 0.25) is 5.91 Å². The first-order chi connectivity index (χ1) is 12.7. The molecule has 1 fully saturated rings. The van der Waals surface area contributed by atoms with E-state index in [-0.39, 0.29) is 36.0 Å². The zero-order chi connectivity index (χ0) is 18.1. The molecule has 26 heavy (non-hydrogen) atoms. The van der Waals surface area contributed by atoms with Crippen LogP contribution in [0.3, 0.4) is 0 Å². The lowest BCUT2D eigenvalue weighted by Crippen LogP contribution is -2.51. The lowest BCUT2D eigenvalue weighted by atomic mass is 9.78. The fraction of sp³-hybridized carbons (Fsp3) is 0.333. The molecule has 1 N–H and O–H groups in total. The SMILES string of the molecule is O=C(C=Cc1ccccc1)N1C[C@H]2C[C@@H](C1)[C@H](CO)n1c2cccc1=O. The van der Waals surface area contributed by atoms with Gasteiger partial charge >= 0.3 is 0 Å². The van der Waals surface area contributed by atoms with E-state index in [2.05, 4.69) is 0 Å². The zero-order valence-electron chi connectivity index (χ0n) is 14.5. The Morgan fingerprint density at radius 2 is 1.92 bits per heavy atom. The molecule has 0 spiro atoms. The quantitative estimate of drug-likeness (QED) is 0.862. The fourth-order valence-corrected chi connectivity index (χ4v) is 4.29. The van der Waals surface area contributed by atoms with Gasteiger partial charge in [0.15, 0.2) is 0 Å². The molecule has 3 heterocycles. The monoisotopic (exact) mass is 350 g/mol. The van der Waals surface area contributed by atoms with Crippen LogP contribution in [0.2, 0.25) is 0 Å². The second-order valence-electron chi connectivity index (χ2n) is 7.09. The smallest absolute Gasteiger partial charge is 0.251 e. The number of pyridine rings is 1. The molecule has 4 rings (SSSR count). The van der Waals surface area contributed by atoms with E-state index in [9.17, 15) is 14.7 Å². The Hall–Kier alpha value is -2.66. The summed E-state index contributed by atoms with van der Waals surface area (Å²) in [7, 11) is 0. The summed E-state index contributed by atoms with van der Waals surface area (Å²) in [5.74, 6) is 0.215. The number of aliphatic hydroxyl groups is 1. The molecule has 2 aliphatic heterocycles. The maximum atomic E-state index is 12.7. The lowest BCUT2D eigenvalue weighted by Gasteiger charge is -2.46. The fourth-order valence-electron chi connectivity index (χ4n) is 4.29. The van der Waals surface area contributed by atoms with Gasteiger partial charge < -0.3 is 14.6 Å². The highest BCUT2D eigenvalue weighted by atomic mass is 16.3. The number of nitrogens with zero attached hydrogens (tertiary/aromatic N) is 2. The average molecular weight is 350 g/mol. The second kappa shape index (κ2) is 6.92. The maximum Gasteiger partial charge on any atom is 0.251 e. The number of likely N-dealkylation sites (tertiary alicyclic amines) is 1. The topological polar surface area (TPSA) is 62.5 Å². The van der Waals surface area contributed by atoms with E-state index < -0.39 is 0 Å². The molecule has 5 nitrogen and oxygen atoms in total. The number of carbonyl (C=O) groups excluding carboxylic acids is 1. The van der Waals surface area contributed by atoms with Crippen molar-refractivity contribution < 1.29 is 9.90 Å². The van der Waals surface area contributed by atoms with Crippen molar-refractivity contribution in [3.63, 3.8) is 0 Å². The van der Waals surface area contributed by atoms with Gasteiger partial charge in [-0.25, -0.2) is 0 Å². The third-order valence-electron chi connectivity index (χ3n) is 5.52. The van der Waals surface area contributed by atoms with Crippen LogP contribution >= 0.6 is 0 Å². The van der Waals surface area contributed by atoms with Crippen molar-refractivity contribution in [2.24, 2.45) is 5.92 Å². The Labute approximate surface area is 152 Å². The van der Waals surface area contributed by atoms with Gasteiger partial charge in [-0.2, -0.15) is 0 Å². The molecule has 0 radical (unpaired) electrons. The summed E-state index contributed by atoms with van der Waals surface area (Å²) < 4.78 is 1.74. The molecule has 2 aromatic rings. The number of carbonyl (C=O) groups is 1. The first-order valence-corrected chi connectivity index (χ1v) is 9.01. The molecule has 3 atom stereocenters. The van der Waals surface area contributed by atoms with E-state index in [1.54, 1.807) is 22.8 Å². The highest BCUT2D eigenvalue weighted by Gasteiger charge is 2.41. The summed E-state index contributed by atoms with van der Waals surface area (Å²) in [5.41, 5.74) is 1.85. The first kappa shape index (κ1) is 16.8. The molecule has 134 valence electrons. The third-order valence-corrected chi connectivity index (χ3v) is 5.52. The Balaban J connectivity index is 1.59. The van der Waals surface area contributed by atoms with Crippen LogP contribution in [0.15, 0.2) is 59.4 Å². The predicted octanol–water partition coefficient (Wildman–Crippen LogP) is 2.04. The number of aromatic nitrogens is 1. The summed E-state index contributed by atoms with van der Waals surface area (Å²) in [6.45, 7) is 1.09. The van der Waals surface area contributed by atoms with Gasteiger partial charge in [0, 0.05) is 42.8 Å². The zero-order valence-corrected chi connectivity index (χ0v) is 14.5. The van der Waals surface area contributed by atoms with Gasteiger partial charge in [0.1, 0.15) is 0 Å². The summed E-state index contributed by atoms with van der Waals surface area (Å²) in [5, 5.41) is 9.87. The van der Waals surface area contributed by atoms with Crippen molar-refractivity contribution in [1.82, 2.24) is 9.47 Å². The molecule has 0 aliphatic carbocycles. The van der Waals surface area contributed by atoms with E-state index >= 15 is 0 Å². The van der Waals surface area contributed by atoms with Crippen LogP contribution in [-0.4, -0.2) is 40.2 Å². The second-order valence-corrected chi connectivity index (χ2v) is 7.09. The van der Waals surface area contributed by atoms with Crippen molar-refractivity contribution in [3.05, 3.63) is 76.2 Å². The van der Waals surface area contributed by atoms with Crippen LogP contribution in [0.1, 0.15) is 29.6 Å². The minimum atomic E-state index is -0.261. The van der Waals surface area contributed by atoms with Crippen molar-refractivity contribution >= 4 is 12.0 Å². The van der Waals surface area contributed by atoms with Crippen molar-refractivity contribution in [2.45, 2.75) is 18.4 Å². The van der Waals surface area contributed by atoms with Crippen LogP contribution in [0.4, 0.5) is 0 Å². The number of hydrogen-bond acceptors (Lipinski definition) is 3. The van der Waals surface area contributed by atoms with E-state index in [4.69, 9.17) is 0 Å². The van der Waals surface area contributed by atoms with E-state index in [0.717, 1.165) is 17.7 Å². The highest BCUT2D eigenvalue weighted by molar-refractivity contribution is 5.91. The number of hydrogen-bond donors (Lipinski definition) is 1. The molecular weight excluding hydrogens is 328 g/mol. The van der Waals surface area contributed by atoms with E-state index in [1.807, 2.05) is 47.4 Å². The van der Waals surface area contributed by atoms with Gasteiger partial charge in [-0.1, -0.05) is 36.4 Å². The molecule has 5 heteroatoms. The number of benzene rings is 1. The Morgan fingerprint density at radius 3 is 2.69 bits per heavy atom. The van der Waals surface area contributed by atoms with Crippen LogP contribution in [0, 0.1) is 5.92 Å². The van der Waals surface area contributed by atoms with Gasteiger partial charge in [0.25, 0.3) is 5.56 Å². The normalized spacial score (nSPS) is 24.5. The number of piperidine rings is 1. The van der Waals surface area contributed by atoms with Crippen molar-refractivity contribution in [3.8, 4) is 0 Å². The third kappa shape index (κ3) is 2.99. The predicted molar refractivity (Wildman–Crippen MR) is 99.7 cm³/mol. The number of aliphatic hydroxyl groups excluding tert-OH is 1. The molecule has 2 bridgehead atoms. The van der Waals surface area contributed by atoms with Gasteiger partial charge in [-0.15, -0.1) is 0 Å². The molecule has 1 amide bonds. The minimum absolute atomic E-state index is 0.0213. The Bertz CT molecular complexity index is 888. The summed E-state index contributed by atoms with van der Waals surface area (Å²) in [6.07, 6.45) is 4.35. The number of amides is 1. The average Bonchev–Trinajstić information content (AvgIpc) is 2.68. The molecule has 1 saturated heterocycles. The lowest BCUT2D eigenvalue weighted by molar-refractivity contribution is -0.129. The van der Waals surface area contributed by atoms with E-state index in [1.165, 1.54) is 0 Å². The maximum absolute atomic E-state index is 12.7. The van der Waals surface area contributed by atoms with E-state index in [0.29, 0.717) is 13.1 Å². The first-order valence-electron chi connectivity index (χ1n) is 9.01. The van der Waals surface area contributed by atoms with Gasteiger partial charge in [-0.3, -0.25) is 9.59 Å².